The Balaban J connectivity index is 0.000000575. The highest BCUT2D eigenvalue weighted by atomic mass is 35.7. The monoisotopic (exact) mass is 433 g/mol. The van der Waals surface area contributed by atoms with Crippen molar-refractivity contribution in [3.63, 3.8) is 0 Å². The molecule has 2 aromatic heterocycles. The van der Waals surface area contributed by atoms with Crippen molar-refractivity contribution in [1.29, 1.82) is 0 Å². The van der Waals surface area contributed by atoms with Crippen molar-refractivity contribution in [3.05, 3.63) is 66.2 Å². The number of unbranched alkanes of at least 4 members (excludes halogenated alkanes) is 2. The van der Waals surface area contributed by atoms with Gasteiger partial charge in [0.15, 0.2) is 0 Å². The van der Waals surface area contributed by atoms with Crippen LogP contribution in [0.4, 0.5) is 0 Å². The third-order valence-electron chi connectivity index (χ3n) is 4.59. The van der Waals surface area contributed by atoms with Crippen LogP contribution in [0.3, 0.4) is 0 Å². The molecule has 30 heavy (non-hydrogen) atoms. The Morgan fingerprint density at radius 2 is 1.40 bits per heavy atom. The van der Waals surface area contributed by atoms with Crippen molar-refractivity contribution in [3.8, 4) is 17.1 Å². The van der Waals surface area contributed by atoms with Gasteiger partial charge in [0.25, 0.3) is 0 Å². The van der Waals surface area contributed by atoms with Gasteiger partial charge >= 0.3 is 5.95 Å². The van der Waals surface area contributed by atoms with Gasteiger partial charge in [-0.2, -0.15) is 0 Å². The number of imidazole rings is 1. The SMILES string of the molecule is CCCCc1cc(-c2ccccc2)cc(CCCC)[n+]1-c1ncc[nH]1.[O-][Cl+3]([O-])([O-])[O-]. The van der Waals surface area contributed by atoms with E-state index in [4.69, 9.17) is 18.6 Å². The van der Waals surface area contributed by atoms with Gasteiger partial charge in [-0.1, -0.05) is 62.0 Å². The van der Waals surface area contributed by atoms with Gasteiger partial charge < -0.3 is 0 Å². The predicted molar refractivity (Wildman–Crippen MR) is 103 cm³/mol. The lowest BCUT2D eigenvalue weighted by molar-refractivity contribution is -2.00. The van der Waals surface area contributed by atoms with E-state index in [-0.39, 0.29) is 0 Å². The molecule has 2 heterocycles. The number of aromatic nitrogens is 3. The number of rotatable bonds is 8. The normalized spacial score (nSPS) is 11.1. The van der Waals surface area contributed by atoms with E-state index in [1.807, 2.05) is 12.4 Å². The third-order valence-corrected chi connectivity index (χ3v) is 4.59. The standard InChI is InChI=1S/C22H28N3.ClHO4/c1-3-5-12-20-16-19(18-10-8-7-9-11-18)17-21(13-6-4-2)25(20)22-23-14-15-24-22;2-1(3,4)5/h7-11,14-17H,3-6,12-13H2,1-2H3,(H,23,24);(H,2,3,4,5)/q+1;/p-1. The minimum absolute atomic E-state index is 0.928. The summed E-state index contributed by atoms with van der Waals surface area (Å²) in [5.41, 5.74) is 5.26. The minimum atomic E-state index is -4.94. The Morgan fingerprint density at radius 1 is 0.867 bits per heavy atom. The molecule has 0 unspecified atom stereocenters. The fourth-order valence-corrected chi connectivity index (χ4v) is 3.25. The second-order valence-corrected chi connectivity index (χ2v) is 7.68. The lowest BCUT2D eigenvalue weighted by Crippen LogP contribution is -2.68. The Kier molecular flexibility index (Phi) is 9.42. The molecule has 0 aliphatic heterocycles. The van der Waals surface area contributed by atoms with Crippen LogP contribution in [-0.4, -0.2) is 9.97 Å². The van der Waals surface area contributed by atoms with E-state index in [1.54, 1.807) is 0 Å². The number of hydrogen-bond donors (Lipinski definition) is 1. The molecule has 0 spiro atoms. The van der Waals surface area contributed by atoms with E-state index in [0.717, 1.165) is 18.8 Å². The molecule has 1 aromatic carbocycles. The quantitative estimate of drug-likeness (QED) is 0.511. The molecule has 3 aromatic rings. The van der Waals surface area contributed by atoms with E-state index < -0.39 is 10.2 Å². The topological polar surface area (TPSA) is 125 Å². The summed E-state index contributed by atoms with van der Waals surface area (Å²) in [6.07, 6.45) is 10.6. The van der Waals surface area contributed by atoms with Gasteiger partial charge in [0.05, 0.1) is 17.6 Å². The van der Waals surface area contributed by atoms with Gasteiger partial charge in [0, 0.05) is 12.8 Å². The first-order chi connectivity index (χ1) is 14.3. The van der Waals surface area contributed by atoms with Crippen LogP contribution < -0.4 is 23.2 Å². The Labute approximate surface area is 179 Å². The first-order valence-electron chi connectivity index (χ1n) is 10.1. The largest absolute Gasteiger partial charge is 0.401 e. The summed E-state index contributed by atoms with van der Waals surface area (Å²) in [4.78, 5) is 7.83. The lowest BCUT2D eigenvalue weighted by Gasteiger charge is -2.17. The summed E-state index contributed by atoms with van der Waals surface area (Å²) in [6, 6.07) is 15.4. The van der Waals surface area contributed by atoms with Crippen molar-refractivity contribution in [2.45, 2.75) is 52.4 Å². The Morgan fingerprint density at radius 3 is 1.83 bits per heavy atom. The minimum Gasteiger partial charge on any atom is -0.245 e. The van der Waals surface area contributed by atoms with Crippen LogP contribution >= 0.6 is 0 Å². The summed E-state index contributed by atoms with van der Waals surface area (Å²) < 4.78 is 36.3. The molecule has 7 nitrogen and oxygen atoms in total. The van der Waals surface area contributed by atoms with Gasteiger partial charge in [-0.3, -0.25) is 0 Å². The first-order valence-corrected chi connectivity index (χ1v) is 11.3. The predicted octanol–water partition coefficient (Wildman–Crippen LogP) is 0.283. The van der Waals surface area contributed by atoms with Crippen molar-refractivity contribution in [2.75, 3.05) is 0 Å². The summed E-state index contributed by atoms with van der Waals surface area (Å²) >= 11 is 0. The molecule has 0 fully saturated rings. The molecule has 0 amide bonds. The first kappa shape index (κ1) is 24.0. The second kappa shape index (κ2) is 11.8. The van der Waals surface area contributed by atoms with Crippen molar-refractivity contribution in [2.24, 2.45) is 0 Å². The highest BCUT2D eigenvalue weighted by molar-refractivity contribution is 5.63. The van der Waals surface area contributed by atoms with Crippen LogP contribution in [0, 0.1) is 10.2 Å². The van der Waals surface area contributed by atoms with Crippen LogP contribution in [0.5, 0.6) is 0 Å². The van der Waals surface area contributed by atoms with Gasteiger partial charge in [-0.05, 0) is 36.1 Å². The molecule has 0 aliphatic carbocycles. The van der Waals surface area contributed by atoms with Crippen LogP contribution in [0.2, 0.25) is 0 Å². The average molecular weight is 434 g/mol. The number of aryl methyl sites for hydroxylation is 2. The van der Waals surface area contributed by atoms with E-state index in [1.165, 1.54) is 48.2 Å². The van der Waals surface area contributed by atoms with Crippen molar-refractivity contribution < 1.29 is 33.4 Å². The molecule has 0 saturated heterocycles. The molecule has 0 aliphatic rings. The highest BCUT2D eigenvalue weighted by Crippen LogP contribution is 2.22. The molecule has 8 heteroatoms. The van der Waals surface area contributed by atoms with E-state index in [9.17, 15) is 0 Å². The molecule has 0 atom stereocenters. The fourth-order valence-electron chi connectivity index (χ4n) is 3.25. The number of benzene rings is 1. The van der Waals surface area contributed by atoms with E-state index in [2.05, 4.69) is 70.8 Å². The summed E-state index contributed by atoms with van der Waals surface area (Å²) in [5, 5.41) is 0. The zero-order valence-electron chi connectivity index (χ0n) is 17.3. The van der Waals surface area contributed by atoms with Crippen molar-refractivity contribution >= 4 is 0 Å². The molecule has 1 N–H and O–H groups in total. The van der Waals surface area contributed by atoms with Crippen LogP contribution in [0.1, 0.15) is 50.9 Å². The number of hydrogen-bond acceptors (Lipinski definition) is 5. The summed E-state index contributed by atoms with van der Waals surface area (Å²) in [6.45, 7) is 4.49. The van der Waals surface area contributed by atoms with Gasteiger partial charge in [-0.25, -0.2) is 28.2 Å². The highest BCUT2D eigenvalue weighted by Gasteiger charge is 2.19. The van der Waals surface area contributed by atoms with Gasteiger partial charge in [-0.15, -0.1) is 10.2 Å². The zero-order chi connectivity index (χ0) is 22.0. The van der Waals surface area contributed by atoms with Gasteiger partial charge in [0.2, 0.25) is 0 Å². The molecule has 0 saturated carbocycles. The zero-order valence-corrected chi connectivity index (χ0v) is 18.1. The number of H-pyrrole nitrogens is 1. The van der Waals surface area contributed by atoms with Gasteiger partial charge in [0.1, 0.15) is 6.20 Å². The Bertz CT molecular complexity index is 846. The number of nitrogens with zero attached hydrogens (tertiary/aromatic N) is 2. The molecule has 162 valence electrons. The maximum Gasteiger partial charge on any atom is 0.401 e. The van der Waals surface area contributed by atoms with Crippen LogP contribution in [0.25, 0.3) is 17.1 Å². The van der Waals surface area contributed by atoms with Crippen molar-refractivity contribution in [1.82, 2.24) is 9.97 Å². The van der Waals surface area contributed by atoms with Crippen LogP contribution in [0.15, 0.2) is 54.9 Å². The number of nitrogens with one attached hydrogen (secondary N) is 1. The fraction of sp³-hybridized carbons (Fsp3) is 0.364. The summed E-state index contributed by atoms with van der Waals surface area (Å²) in [5.74, 6) is 0.928. The Hall–Kier alpha value is -2.29. The summed E-state index contributed by atoms with van der Waals surface area (Å²) in [7, 11) is -4.94. The van der Waals surface area contributed by atoms with E-state index in [0.29, 0.717) is 0 Å². The second-order valence-electron chi connectivity index (χ2n) is 6.93. The maximum atomic E-state index is 8.49. The number of aromatic amines is 1. The average Bonchev–Trinajstić information content (AvgIpc) is 3.24. The molecule has 0 bridgehead atoms. The molecular formula is C22H28ClN3O4. The maximum absolute atomic E-state index is 8.49. The molecule has 3 rings (SSSR count). The third kappa shape index (κ3) is 7.85. The molecular weight excluding hydrogens is 406 g/mol. The number of halogens is 1. The van der Waals surface area contributed by atoms with Crippen LogP contribution in [-0.2, 0) is 12.8 Å². The molecule has 0 radical (unpaired) electrons. The smallest absolute Gasteiger partial charge is 0.245 e. The van der Waals surface area contributed by atoms with E-state index >= 15 is 0 Å². The lowest BCUT2D eigenvalue weighted by atomic mass is 10.0. The number of pyridine rings is 1.